The molecule has 2 atom stereocenters. The molecule has 0 bridgehead atoms. The fourth-order valence-corrected chi connectivity index (χ4v) is 5.28. The Balaban J connectivity index is 2.58. The number of esters is 1. The molecule has 0 heterocycles. The molecule has 1 aromatic rings. The molecule has 1 rings (SSSR count). The highest BCUT2D eigenvalue weighted by Gasteiger charge is 2.28. The van der Waals surface area contributed by atoms with Gasteiger partial charge in [-0.1, -0.05) is 95.9 Å². The maximum Gasteiger partial charge on any atom is 0.309 e. The molecular formula is C26H42O4S. The van der Waals surface area contributed by atoms with Crippen LogP contribution < -0.4 is 0 Å². The minimum absolute atomic E-state index is 0.0916. The molecule has 0 fully saturated rings. The maximum atomic E-state index is 12.2. The quantitative estimate of drug-likeness (QED) is 0.189. The molecule has 1 aromatic carbocycles. The number of rotatable bonds is 18. The van der Waals surface area contributed by atoms with Crippen molar-refractivity contribution in [3.8, 4) is 0 Å². The zero-order chi connectivity index (χ0) is 22.9. The summed E-state index contributed by atoms with van der Waals surface area (Å²) in [6.45, 7) is 4.13. The highest BCUT2D eigenvalue weighted by atomic mass is 32.2. The molecule has 4 nitrogen and oxygen atoms in total. The molecule has 31 heavy (non-hydrogen) atoms. The average Bonchev–Trinajstić information content (AvgIpc) is 2.77. The average molecular weight is 451 g/mol. The van der Waals surface area contributed by atoms with E-state index >= 15 is 0 Å². The maximum absolute atomic E-state index is 12.2. The van der Waals surface area contributed by atoms with Gasteiger partial charge in [-0.2, -0.15) is 11.8 Å². The van der Waals surface area contributed by atoms with Crippen molar-refractivity contribution in [2.75, 3.05) is 12.9 Å². The van der Waals surface area contributed by atoms with Gasteiger partial charge in [0.15, 0.2) is 0 Å². The van der Waals surface area contributed by atoms with Crippen molar-refractivity contribution >= 4 is 23.7 Å². The Morgan fingerprint density at radius 1 is 0.968 bits per heavy atom. The van der Waals surface area contributed by atoms with Crippen LogP contribution in [0.2, 0.25) is 0 Å². The first-order chi connectivity index (χ1) is 15.0. The summed E-state index contributed by atoms with van der Waals surface area (Å²) in [7, 11) is 1.41. The molecule has 176 valence electrons. The topological polar surface area (TPSA) is 63.6 Å². The summed E-state index contributed by atoms with van der Waals surface area (Å²) in [4.78, 5) is 23.2. The van der Waals surface area contributed by atoms with Crippen LogP contribution in [0.1, 0.15) is 101 Å². The van der Waals surface area contributed by atoms with E-state index in [0.717, 1.165) is 18.4 Å². The van der Waals surface area contributed by atoms with Gasteiger partial charge in [0, 0.05) is 11.0 Å². The zero-order valence-corrected chi connectivity index (χ0v) is 20.6. The van der Waals surface area contributed by atoms with Gasteiger partial charge in [-0.25, -0.2) is 0 Å². The van der Waals surface area contributed by atoms with E-state index in [1.807, 2.05) is 13.0 Å². The first-order valence-electron chi connectivity index (χ1n) is 12.0. The predicted octanol–water partition coefficient (Wildman–Crippen LogP) is 7.21. The fourth-order valence-electron chi connectivity index (χ4n) is 3.93. The van der Waals surface area contributed by atoms with Gasteiger partial charge < -0.3 is 9.84 Å². The molecule has 5 heteroatoms. The lowest BCUT2D eigenvalue weighted by molar-refractivity contribution is -0.144. The molecule has 1 N–H and O–H groups in total. The molecule has 0 saturated heterocycles. The third kappa shape index (κ3) is 11.6. The Hall–Kier alpha value is -1.49. The van der Waals surface area contributed by atoms with Crippen molar-refractivity contribution in [1.82, 2.24) is 0 Å². The number of carboxylic acid groups (broad SMARTS) is 1. The van der Waals surface area contributed by atoms with Gasteiger partial charge in [0.25, 0.3) is 0 Å². The Bertz CT molecular complexity index is 632. The van der Waals surface area contributed by atoms with Crippen LogP contribution in [0, 0.1) is 5.92 Å². The van der Waals surface area contributed by atoms with E-state index in [9.17, 15) is 9.59 Å². The number of thioether (sulfide) groups is 1. The van der Waals surface area contributed by atoms with Crippen LogP contribution in [0.25, 0.3) is 0 Å². The van der Waals surface area contributed by atoms with Crippen molar-refractivity contribution in [1.29, 1.82) is 0 Å². The monoisotopic (exact) mass is 450 g/mol. The van der Waals surface area contributed by atoms with Crippen molar-refractivity contribution in [3.63, 3.8) is 0 Å². The standard InChI is InChI=1S/C26H42O4S/c1-4-5-6-7-8-9-10-11-12-13-16-22-17-14-15-18-23(22)25(21(2)26(29)30-3)31-20-19-24(27)28/h14-15,17-18,21,25H,4-13,16,19-20H2,1-3H3,(H,27,28). The van der Waals surface area contributed by atoms with E-state index in [1.165, 1.54) is 70.5 Å². The number of benzene rings is 1. The molecule has 0 aliphatic heterocycles. The van der Waals surface area contributed by atoms with E-state index in [2.05, 4.69) is 25.1 Å². The van der Waals surface area contributed by atoms with Crippen LogP contribution in [0.15, 0.2) is 24.3 Å². The third-order valence-electron chi connectivity index (χ3n) is 5.80. The molecule has 0 aromatic heterocycles. The van der Waals surface area contributed by atoms with Crippen LogP contribution in [0.3, 0.4) is 0 Å². The van der Waals surface area contributed by atoms with E-state index in [-0.39, 0.29) is 23.6 Å². The number of aryl methyl sites for hydroxylation is 1. The van der Waals surface area contributed by atoms with E-state index < -0.39 is 5.97 Å². The molecule has 0 radical (unpaired) electrons. The van der Waals surface area contributed by atoms with Gasteiger partial charge in [0.2, 0.25) is 0 Å². The number of unbranched alkanes of at least 4 members (excludes halogenated alkanes) is 9. The summed E-state index contributed by atoms with van der Waals surface area (Å²) in [5, 5.41) is 8.91. The first-order valence-corrected chi connectivity index (χ1v) is 13.0. The number of carboxylic acids is 1. The molecule has 0 amide bonds. The van der Waals surface area contributed by atoms with E-state index in [1.54, 1.807) is 11.8 Å². The normalized spacial score (nSPS) is 13.0. The van der Waals surface area contributed by atoms with Crippen LogP contribution >= 0.6 is 11.8 Å². The van der Waals surface area contributed by atoms with Crippen LogP contribution in [-0.2, 0) is 20.7 Å². The zero-order valence-electron chi connectivity index (χ0n) is 19.7. The molecule has 2 unspecified atom stereocenters. The first kappa shape index (κ1) is 27.5. The Kier molecular flexibility index (Phi) is 15.2. The fraction of sp³-hybridized carbons (Fsp3) is 0.692. The Labute approximate surface area is 193 Å². The van der Waals surface area contributed by atoms with Gasteiger partial charge >= 0.3 is 11.9 Å². The van der Waals surface area contributed by atoms with Gasteiger partial charge in [-0.05, 0) is 24.0 Å². The SMILES string of the molecule is CCCCCCCCCCCCc1ccccc1C(SCCC(=O)O)C(C)C(=O)OC. The molecule has 0 saturated carbocycles. The van der Waals surface area contributed by atoms with Crippen LogP contribution in [0.4, 0.5) is 0 Å². The van der Waals surface area contributed by atoms with Crippen molar-refractivity contribution in [3.05, 3.63) is 35.4 Å². The number of carbonyl (C=O) groups excluding carboxylic acids is 1. The Morgan fingerprint density at radius 3 is 2.13 bits per heavy atom. The van der Waals surface area contributed by atoms with Gasteiger partial charge in [0.1, 0.15) is 0 Å². The highest BCUT2D eigenvalue weighted by Crippen LogP contribution is 2.39. The highest BCUT2D eigenvalue weighted by molar-refractivity contribution is 7.99. The number of aliphatic carboxylic acids is 1. The summed E-state index contributed by atoms with van der Waals surface area (Å²) in [6.07, 6.45) is 14.2. The smallest absolute Gasteiger partial charge is 0.309 e. The minimum Gasteiger partial charge on any atom is -0.481 e. The molecule has 0 aliphatic rings. The summed E-state index contributed by atoms with van der Waals surface area (Å²) in [6, 6.07) is 8.30. The minimum atomic E-state index is -0.810. The lowest BCUT2D eigenvalue weighted by Gasteiger charge is -2.24. The second-order valence-electron chi connectivity index (χ2n) is 8.38. The third-order valence-corrected chi connectivity index (χ3v) is 7.26. The number of carbonyl (C=O) groups is 2. The second-order valence-corrected chi connectivity index (χ2v) is 9.63. The molecule has 0 aliphatic carbocycles. The lowest BCUT2D eigenvalue weighted by atomic mass is 9.93. The second kappa shape index (κ2) is 17.1. The Morgan fingerprint density at radius 2 is 1.55 bits per heavy atom. The van der Waals surface area contributed by atoms with Crippen molar-refractivity contribution < 1.29 is 19.4 Å². The van der Waals surface area contributed by atoms with E-state index in [4.69, 9.17) is 9.84 Å². The summed E-state index contributed by atoms with van der Waals surface area (Å²) in [5.41, 5.74) is 2.41. The van der Waals surface area contributed by atoms with Crippen LogP contribution in [0.5, 0.6) is 0 Å². The molecule has 0 spiro atoms. The molecular weight excluding hydrogens is 408 g/mol. The number of hydrogen-bond donors (Lipinski definition) is 1. The van der Waals surface area contributed by atoms with Crippen LogP contribution in [-0.4, -0.2) is 29.9 Å². The lowest BCUT2D eigenvalue weighted by Crippen LogP contribution is -2.20. The summed E-state index contributed by atoms with van der Waals surface area (Å²) in [5.74, 6) is -0.900. The van der Waals surface area contributed by atoms with Gasteiger partial charge in [-0.15, -0.1) is 0 Å². The number of methoxy groups -OCH3 is 1. The van der Waals surface area contributed by atoms with Gasteiger partial charge in [0.05, 0.1) is 19.4 Å². The van der Waals surface area contributed by atoms with Crippen molar-refractivity contribution in [2.24, 2.45) is 5.92 Å². The number of ether oxygens (including phenoxy) is 1. The predicted molar refractivity (Wildman–Crippen MR) is 131 cm³/mol. The van der Waals surface area contributed by atoms with Crippen molar-refractivity contribution in [2.45, 2.75) is 96.1 Å². The van der Waals surface area contributed by atoms with E-state index in [0.29, 0.717) is 5.75 Å². The largest absolute Gasteiger partial charge is 0.481 e. The summed E-state index contributed by atoms with van der Waals surface area (Å²) < 4.78 is 4.98. The number of hydrogen-bond acceptors (Lipinski definition) is 4. The summed E-state index contributed by atoms with van der Waals surface area (Å²) >= 11 is 1.55. The van der Waals surface area contributed by atoms with Gasteiger partial charge in [-0.3, -0.25) is 9.59 Å².